The number of rotatable bonds is 4. The zero-order valence-electron chi connectivity index (χ0n) is 11.2. The van der Waals surface area contributed by atoms with Crippen LogP contribution < -0.4 is 0 Å². The van der Waals surface area contributed by atoms with E-state index in [1.807, 2.05) is 13.1 Å². The fourth-order valence-electron chi connectivity index (χ4n) is 3.26. The lowest BCUT2D eigenvalue weighted by atomic mass is 9.96. The minimum Gasteiger partial charge on any atom is -0.283 e. The standard InChI is InChI=1S/C14H19N3O2/c1-9-12(8-15-16-9)3-2-6-17-13(18)10-4-5-11(7-10)14(17)19/h8,10-11H,2-7H2,1H3,(H,15,16). The van der Waals surface area contributed by atoms with Crippen LogP contribution in [0.25, 0.3) is 0 Å². The number of hydrogen-bond acceptors (Lipinski definition) is 3. The summed E-state index contributed by atoms with van der Waals surface area (Å²) in [5.41, 5.74) is 2.23. The lowest BCUT2D eigenvalue weighted by molar-refractivity contribution is -0.152. The average Bonchev–Trinajstić information content (AvgIpc) is 3.00. The van der Waals surface area contributed by atoms with Crippen molar-refractivity contribution in [2.24, 2.45) is 11.8 Å². The third-order valence-corrected chi connectivity index (χ3v) is 4.43. The van der Waals surface area contributed by atoms with Gasteiger partial charge in [-0.3, -0.25) is 19.6 Å². The SMILES string of the molecule is Cc1[nH]ncc1CCCN1C(=O)C2CCC(C2)C1=O. The van der Waals surface area contributed by atoms with Gasteiger partial charge in [0, 0.05) is 24.1 Å². The summed E-state index contributed by atoms with van der Waals surface area (Å²) in [6.45, 7) is 2.54. The largest absolute Gasteiger partial charge is 0.283 e. The molecule has 2 bridgehead atoms. The molecule has 2 heterocycles. The van der Waals surface area contributed by atoms with E-state index in [1.165, 1.54) is 10.5 Å². The molecule has 2 atom stereocenters. The van der Waals surface area contributed by atoms with Crippen molar-refractivity contribution in [3.63, 3.8) is 0 Å². The molecule has 5 nitrogen and oxygen atoms in total. The van der Waals surface area contributed by atoms with Crippen LogP contribution in [0.5, 0.6) is 0 Å². The Morgan fingerprint density at radius 2 is 2.00 bits per heavy atom. The topological polar surface area (TPSA) is 66.1 Å². The minimum absolute atomic E-state index is 0.0580. The smallest absolute Gasteiger partial charge is 0.232 e. The van der Waals surface area contributed by atoms with Crippen molar-refractivity contribution in [3.8, 4) is 0 Å². The van der Waals surface area contributed by atoms with E-state index in [1.54, 1.807) is 0 Å². The van der Waals surface area contributed by atoms with E-state index in [4.69, 9.17) is 0 Å². The maximum atomic E-state index is 12.1. The van der Waals surface area contributed by atoms with Gasteiger partial charge in [-0.05, 0) is 44.6 Å². The molecular formula is C14H19N3O2. The number of hydrogen-bond donors (Lipinski definition) is 1. The van der Waals surface area contributed by atoms with E-state index >= 15 is 0 Å². The summed E-state index contributed by atoms with van der Waals surface area (Å²) in [5.74, 6) is 0.335. The molecule has 5 heteroatoms. The number of imide groups is 1. The zero-order valence-corrected chi connectivity index (χ0v) is 11.2. The molecule has 1 aromatic rings. The van der Waals surface area contributed by atoms with Crippen molar-refractivity contribution in [3.05, 3.63) is 17.5 Å². The first-order valence-electron chi connectivity index (χ1n) is 7.01. The van der Waals surface area contributed by atoms with Crippen LogP contribution in [0, 0.1) is 18.8 Å². The van der Waals surface area contributed by atoms with Crippen molar-refractivity contribution >= 4 is 11.8 Å². The number of aromatic nitrogens is 2. The fraction of sp³-hybridized carbons (Fsp3) is 0.643. The van der Waals surface area contributed by atoms with Crippen LogP contribution in [0.4, 0.5) is 0 Å². The van der Waals surface area contributed by atoms with Crippen molar-refractivity contribution in [1.29, 1.82) is 0 Å². The molecule has 1 N–H and O–H groups in total. The van der Waals surface area contributed by atoms with E-state index < -0.39 is 0 Å². The second-order valence-corrected chi connectivity index (χ2v) is 5.66. The molecule has 2 fully saturated rings. The highest BCUT2D eigenvalue weighted by Crippen LogP contribution is 2.38. The Morgan fingerprint density at radius 3 is 2.58 bits per heavy atom. The van der Waals surface area contributed by atoms with Gasteiger partial charge in [-0.2, -0.15) is 5.10 Å². The Morgan fingerprint density at radius 1 is 1.32 bits per heavy atom. The molecule has 1 saturated heterocycles. The number of aromatic amines is 1. The van der Waals surface area contributed by atoms with Gasteiger partial charge in [0.1, 0.15) is 0 Å². The third kappa shape index (κ3) is 2.17. The Balaban J connectivity index is 1.59. The fourth-order valence-corrected chi connectivity index (χ4v) is 3.26. The molecule has 2 aliphatic rings. The summed E-state index contributed by atoms with van der Waals surface area (Å²) in [7, 11) is 0. The first-order chi connectivity index (χ1) is 9.16. The Labute approximate surface area is 112 Å². The molecule has 3 rings (SSSR count). The molecule has 1 aliphatic carbocycles. The molecule has 19 heavy (non-hydrogen) atoms. The van der Waals surface area contributed by atoms with Crippen LogP contribution in [0.3, 0.4) is 0 Å². The average molecular weight is 261 g/mol. The van der Waals surface area contributed by atoms with Crippen LogP contribution >= 0.6 is 0 Å². The molecule has 102 valence electrons. The van der Waals surface area contributed by atoms with Gasteiger partial charge in [0.25, 0.3) is 0 Å². The summed E-state index contributed by atoms with van der Waals surface area (Å²) in [6.07, 6.45) is 6.07. The number of amides is 2. The monoisotopic (exact) mass is 261 g/mol. The van der Waals surface area contributed by atoms with E-state index in [0.29, 0.717) is 6.54 Å². The maximum absolute atomic E-state index is 12.1. The van der Waals surface area contributed by atoms with Gasteiger partial charge in [0.2, 0.25) is 11.8 Å². The van der Waals surface area contributed by atoms with E-state index in [2.05, 4.69) is 10.2 Å². The van der Waals surface area contributed by atoms with Crippen LogP contribution in [0.15, 0.2) is 6.20 Å². The molecule has 1 aliphatic heterocycles. The number of fused-ring (bicyclic) bond motifs is 2. The number of piperidine rings is 1. The van der Waals surface area contributed by atoms with Crippen molar-refractivity contribution in [1.82, 2.24) is 15.1 Å². The van der Waals surface area contributed by atoms with Crippen molar-refractivity contribution < 1.29 is 9.59 Å². The van der Waals surface area contributed by atoms with Crippen LogP contribution in [0.1, 0.15) is 36.9 Å². The summed E-state index contributed by atoms with van der Waals surface area (Å²) >= 11 is 0. The maximum Gasteiger partial charge on any atom is 0.232 e. The zero-order chi connectivity index (χ0) is 13.4. The molecule has 1 saturated carbocycles. The van der Waals surface area contributed by atoms with Crippen molar-refractivity contribution in [2.75, 3.05) is 6.54 Å². The predicted octanol–water partition coefficient (Wildman–Crippen LogP) is 1.44. The molecular weight excluding hydrogens is 242 g/mol. The lowest BCUT2D eigenvalue weighted by Gasteiger charge is -2.29. The highest BCUT2D eigenvalue weighted by Gasteiger charge is 2.44. The van der Waals surface area contributed by atoms with Gasteiger partial charge in [-0.25, -0.2) is 0 Å². The Bertz CT molecular complexity index is 487. The normalized spacial score (nSPS) is 26.3. The van der Waals surface area contributed by atoms with Crippen LogP contribution in [-0.4, -0.2) is 33.5 Å². The first-order valence-corrected chi connectivity index (χ1v) is 7.01. The number of nitrogens with zero attached hydrogens (tertiary/aromatic N) is 2. The second-order valence-electron chi connectivity index (χ2n) is 5.66. The van der Waals surface area contributed by atoms with Gasteiger partial charge >= 0.3 is 0 Å². The summed E-state index contributed by atoms with van der Waals surface area (Å²) in [4.78, 5) is 25.8. The highest BCUT2D eigenvalue weighted by atomic mass is 16.2. The molecule has 0 radical (unpaired) electrons. The number of carbonyl (C=O) groups is 2. The molecule has 0 aromatic carbocycles. The number of aryl methyl sites for hydroxylation is 2. The van der Waals surface area contributed by atoms with Gasteiger partial charge in [0.15, 0.2) is 0 Å². The van der Waals surface area contributed by atoms with E-state index in [0.717, 1.165) is 37.8 Å². The van der Waals surface area contributed by atoms with Gasteiger partial charge in [0.05, 0.1) is 6.20 Å². The van der Waals surface area contributed by atoms with E-state index in [-0.39, 0.29) is 23.7 Å². The van der Waals surface area contributed by atoms with E-state index in [9.17, 15) is 9.59 Å². The molecule has 1 aromatic heterocycles. The van der Waals surface area contributed by atoms with Gasteiger partial charge in [-0.1, -0.05) is 0 Å². The summed E-state index contributed by atoms with van der Waals surface area (Å²) in [5, 5.41) is 6.88. The van der Waals surface area contributed by atoms with Gasteiger partial charge in [-0.15, -0.1) is 0 Å². The molecule has 0 spiro atoms. The molecule has 2 amide bonds. The van der Waals surface area contributed by atoms with Crippen LogP contribution in [-0.2, 0) is 16.0 Å². The van der Waals surface area contributed by atoms with Gasteiger partial charge < -0.3 is 0 Å². The Hall–Kier alpha value is -1.65. The number of H-pyrrole nitrogens is 1. The third-order valence-electron chi connectivity index (χ3n) is 4.43. The number of carbonyl (C=O) groups excluding carboxylic acids is 2. The second kappa shape index (κ2) is 4.79. The number of likely N-dealkylation sites (tertiary alicyclic amines) is 1. The number of nitrogens with one attached hydrogen (secondary N) is 1. The highest BCUT2D eigenvalue weighted by molar-refractivity contribution is 6.00. The quantitative estimate of drug-likeness (QED) is 0.834. The lowest BCUT2D eigenvalue weighted by Crippen LogP contribution is -2.46. The predicted molar refractivity (Wildman–Crippen MR) is 69.2 cm³/mol. The van der Waals surface area contributed by atoms with Crippen molar-refractivity contribution in [2.45, 2.75) is 39.0 Å². The minimum atomic E-state index is 0.0580. The Kier molecular flexibility index (Phi) is 3.12. The summed E-state index contributed by atoms with van der Waals surface area (Å²) in [6, 6.07) is 0. The first kappa shape index (κ1) is 12.4. The molecule has 2 unspecified atom stereocenters. The van der Waals surface area contributed by atoms with Crippen LogP contribution in [0.2, 0.25) is 0 Å². The summed E-state index contributed by atoms with van der Waals surface area (Å²) < 4.78 is 0.